The summed E-state index contributed by atoms with van der Waals surface area (Å²) in [7, 11) is -1.94. The second-order valence-corrected chi connectivity index (χ2v) is 6.36. The fourth-order valence-electron chi connectivity index (χ4n) is 2.16. The molecule has 1 heterocycles. The number of nitrogens with one attached hydrogen (secondary N) is 1. The Bertz CT molecular complexity index is 365. The summed E-state index contributed by atoms with van der Waals surface area (Å²) in [5.74, 6) is -0.238. The van der Waals surface area contributed by atoms with Crippen molar-refractivity contribution in [2.75, 3.05) is 20.1 Å². The van der Waals surface area contributed by atoms with E-state index in [0.29, 0.717) is 19.4 Å². The maximum absolute atomic E-state index is 12.3. The predicted molar refractivity (Wildman–Crippen MR) is 65.8 cm³/mol. The van der Waals surface area contributed by atoms with Crippen molar-refractivity contribution < 1.29 is 13.2 Å². The van der Waals surface area contributed by atoms with E-state index >= 15 is 0 Å². The van der Waals surface area contributed by atoms with Crippen LogP contribution < -0.4 is 11.1 Å². The van der Waals surface area contributed by atoms with Crippen molar-refractivity contribution in [3.05, 3.63) is 0 Å². The van der Waals surface area contributed by atoms with Gasteiger partial charge in [0.25, 0.3) is 0 Å². The molecule has 1 amide bonds. The third-order valence-electron chi connectivity index (χ3n) is 3.22. The van der Waals surface area contributed by atoms with Gasteiger partial charge in [0.2, 0.25) is 15.9 Å². The second kappa shape index (κ2) is 5.79. The van der Waals surface area contributed by atoms with Crippen molar-refractivity contribution in [3.8, 4) is 0 Å². The van der Waals surface area contributed by atoms with E-state index in [9.17, 15) is 13.2 Å². The van der Waals surface area contributed by atoms with Gasteiger partial charge in [0.15, 0.2) is 0 Å². The third kappa shape index (κ3) is 2.78. The van der Waals surface area contributed by atoms with Gasteiger partial charge < -0.3 is 11.1 Å². The maximum Gasteiger partial charge on any atom is 0.238 e. The molecule has 0 aromatic carbocycles. The molecule has 0 saturated carbocycles. The summed E-state index contributed by atoms with van der Waals surface area (Å²) in [6, 6.07) is -0.564. The zero-order valence-electron chi connectivity index (χ0n) is 10.3. The first-order chi connectivity index (χ1) is 7.98. The zero-order valence-corrected chi connectivity index (χ0v) is 11.2. The normalized spacial score (nSPS) is 23.6. The summed E-state index contributed by atoms with van der Waals surface area (Å²) in [5, 5.41) is 1.92. The SMILES string of the molecule is CCC(CN)S(=O)(=O)N1CCCC1C(=O)NC. The molecule has 1 saturated heterocycles. The van der Waals surface area contributed by atoms with Crippen LogP contribution >= 0.6 is 0 Å². The Morgan fingerprint density at radius 1 is 1.59 bits per heavy atom. The number of nitrogens with two attached hydrogens (primary N) is 1. The number of likely N-dealkylation sites (N-methyl/N-ethyl adjacent to an activating group) is 1. The lowest BCUT2D eigenvalue weighted by Crippen LogP contribution is -2.49. The average molecular weight is 263 g/mol. The van der Waals surface area contributed by atoms with Gasteiger partial charge in [-0.2, -0.15) is 4.31 Å². The molecule has 1 aliphatic heterocycles. The quantitative estimate of drug-likeness (QED) is 0.683. The molecule has 1 aliphatic rings. The van der Waals surface area contributed by atoms with Gasteiger partial charge in [0.05, 0.1) is 5.25 Å². The maximum atomic E-state index is 12.3. The van der Waals surface area contributed by atoms with E-state index < -0.39 is 21.3 Å². The van der Waals surface area contributed by atoms with Crippen LogP contribution in [-0.4, -0.2) is 50.1 Å². The van der Waals surface area contributed by atoms with Gasteiger partial charge in [-0.05, 0) is 19.3 Å². The highest BCUT2D eigenvalue weighted by Gasteiger charge is 2.41. The molecule has 0 spiro atoms. The Hall–Kier alpha value is -0.660. The van der Waals surface area contributed by atoms with E-state index in [1.807, 2.05) is 0 Å². The lowest BCUT2D eigenvalue weighted by atomic mass is 10.2. The van der Waals surface area contributed by atoms with Gasteiger partial charge in [0, 0.05) is 20.1 Å². The molecule has 0 aromatic rings. The molecule has 2 unspecified atom stereocenters. The van der Waals surface area contributed by atoms with Gasteiger partial charge in [-0.3, -0.25) is 4.79 Å². The third-order valence-corrected chi connectivity index (χ3v) is 5.68. The van der Waals surface area contributed by atoms with Crippen LogP contribution in [0.25, 0.3) is 0 Å². The molecular weight excluding hydrogens is 242 g/mol. The minimum Gasteiger partial charge on any atom is -0.358 e. The molecule has 7 heteroatoms. The number of carbonyl (C=O) groups excluding carboxylic acids is 1. The van der Waals surface area contributed by atoms with Gasteiger partial charge in [0.1, 0.15) is 6.04 Å². The minimum absolute atomic E-state index is 0.0931. The van der Waals surface area contributed by atoms with Crippen molar-refractivity contribution in [2.24, 2.45) is 5.73 Å². The van der Waals surface area contributed by atoms with Crippen molar-refractivity contribution in [1.82, 2.24) is 9.62 Å². The van der Waals surface area contributed by atoms with Crippen LogP contribution in [0.5, 0.6) is 0 Å². The number of rotatable bonds is 5. The van der Waals surface area contributed by atoms with E-state index in [1.54, 1.807) is 6.92 Å². The van der Waals surface area contributed by atoms with Crippen LogP contribution in [0.4, 0.5) is 0 Å². The van der Waals surface area contributed by atoms with Crippen LogP contribution in [0, 0.1) is 0 Å². The first-order valence-electron chi connectivity index (χ1n) is 5.91. The van der Waals surface area contributed by atoms with Crippen LogP contribution in [-0.2, 0) is 14.8 Å². The standard InChI is InChI=1S/C10H21N3O3S/c1-3-8(7-11)17(15,16)13-6-4-5-9(13)10(14)12-2/h8-9H,3-7,11H2,1-2H3,(H,12,14). The highest BCUT2D eigenvalue weighted by molar-refractivity contribution is 7.89. The van der Waals surface area contributed by atoms with E-state index in [1.165, 1.54) is 11.4 Å². The molecule has 100 valence electrons. The zero-order chi connectivity index (χ0) is 13.1. The van der Waals surface area contributed by atoms with E-state index in [-0.39, 0.29) is 12.5 Å². The molecule has 1 fully saturated rings. The van der Waals surface area contributed by atoms with E-state index in [0.717, 1.165) is 6.42 Å². The minimum atomic E-state index is -3.46. The van der Waals surface area contributed by atoms with Crippen molar-refractivity contribution >= 4 is 15.9 Å². The smallest absolute Gasteiger partial charge is 0.238 e. The molecular formula is C10H21N3O3S. The monoisotopic (exact) mass is 263 g/mol. The molecule has 0 radical (unpaired) electrons. The first kappa shape index (κ1) is 14.4. The number of hydrogen-bond acceptors (Lipinski definition) is 4. The Balaban J connectivity index is 2.94. The van der Waals surface area contributed by atoms with Crippen LogP contribution in [0.2, 0.25) is 0 Å². The number of amides is 1. The molecule has 3 N–H and O–H groups in total. The number of hydrogen-bond donors (Lipinski definition) is 2. The van der Waals surface area contributed by atoms with Crippen molar-refractivity contribution in [2.45, 2.75) is 37.5 Å². The van der Waals surface area contributed by atoms with E-state index in [4.69, 9.17) is 5.73 Å². The summed E-state index contributed by atoms with van der Waals surface area (Å²) in [6.07, 6.45) is 1.77. The Morgan fingerprint density at radius 2 is 2.24 bits per heavy atom. The fraction of sp³-hybridized carbons (Fsp3) is 0.900. The Labute approximate surface area is 103 Å². The molecule has 0 bridgehead atoms. The number of carbonyl (C=O) groups is 1. The summed E-state index contributed by atoms with van der Waals surface area (Å²) < 4.78 is 25.9. The van der Waals surface area contributed by atoms with E-state index in [2.05, 4.69) is 5.32 Å². The molecule has 0 aliphatic carbocycles. The topological polar surface area (TPSA) is 92.5 Å². The largest absolute Gasteiger partial charge is 0.358 e. The highest BCUT2D eigenvalue weighted by atomic mass is 32.2. The molecule has 17 heavy (non-hydrogen) atoms. The summed E-state index contributed by atoms with van der Waals surface area (Å²) in [6.45, 7) is 2.30. The van der Waals surface area contributed by atoms with Gasteiger partial charge in [-0.1, -0.05) is 6.92 Å². The van der Waals surface area contributed by atoms with Crippen LogP contribution in [0.3, 0.4) is 0 Å². The molecule has 2 atom stereocenters. The fourth-order valence-corrected chi connectivity index (χ4v) is 4.15. The molecule has 6 nitrogen and oxygen atoms in total. The highest BCUT2D eigenvalue weighted by Crippen LogP contribution is 2.24. The Morgan fingerprint density at radius 3 is 2.71 bits per heavy atom. The summed E-state index contributed by atoms with van der Waals surface area (Å²) >= 11 is 0. The lowest BCUT2D eigenvalue weighted by molar-refractivity contribution is -0.123. The summed E-state index contributed by atoms with van der Waals surface area (Å²) in [5.41, 5.74) is 5.48. The van der Waals surface area contributed by atoms with Crippen LogP contribution in [0.1, 0.15) is 26.2 Å². The van der Waals surface area contributed by atoms with Gasteiger partial charge in [-0.25, -0.2) is 8.42 Å². The van der Waals surface area contributed by atoms with Crippen LogP contribution in [0.15, 0.2) is 0 Å². The first-order valence-corrected chi connectivity index (χ1v) is 7.41. The molecule has 0 aromatic heterocycles. The van der Waals surface area contributed by atoms with Gasteiger partial charge in [-0.15, -0.1) is 0 Å². The number of nitrogens with zero attached hydrogens (tertiary/aromatic N) is 1. The number of sulfonamides is 1. The summed E-state index contributed by atoms with van der Waals surface area (Å²) in [4.78, 5) is 11.6. The Kier molecular flexibility index (Phi) is 4.91. The van der Waals surface area contributed by atoms with Gasteiger partial charge >= 0.3 is 0 Å². The van der Waals surface area contributed by atoms with Crippen molar-refractivity contribution in [1.29, 1.82) is 0 Å². The predicted octanol–water partition coefficient (Wildman–Crippen LogP) is -0.736. The lowest BCUT2D eigenvalue weighted by Gasteiger charge is -2.26. The average Bonchev–Trinajstić information content (AvgIpc) is 2.78. The van der Waals surface area contributed by atoms with Crippen molar-refractivity contribution in [3.63, 3.8) is 0 Å². The molecule has 1 rings (SSSR count). The second-order valence-electron chi connectivity index (χ2n) is 4.19.